The molecule has 0 aromatic rings. The molecule has 0 unspecified atom stereocenters. The number of aliphatic carboxylic acids is 1. The van der Waals surface area contributed by atoms with Crippen LogP contribution in [-0.4, -0.2) is 63.5 Å². The van der Waals surface area contributed by atoms with Crippen LogP contribution in [-0.2, 0) is 23.9 Å². The Hall–Kier alpha value is -2.22. The molecule has 4 fully saturated rings. The number of carboxylic acid groups (broad SMARTS) is 1. The quantitative estimate of drug-likeness (QED) is 0.555. The lowest BCUT2D eigenvalue weighted by Gasteiger charge is -2.57. The minimum absolute atomic E-state index is 0.0141. The van der Waals surface area contributed by atoms with E-state index in [-0.39, 0.29) is 48.5 Å². The molecule has 4 aliphatic carbocycles. The van der Waals surface area contributed by atoms with Gasteiger partial charge < -0.3 is 19.8 Å². The summed E-state index contributed by atoms with van der Waals surface area (Å²) < 4.78 is 5.99. The Labute approximate surface area is 212 Å². The van der Waals surface area contributed by atoms with Crippen molar-refractivity contribution < 1.29 is 34.1 Å². The van der Waals surface area contributed by atoms with Crippen molar-refractivity contribution in [3.8, 4) is 0 Å². The minimum Gasteiger partial charge on any atom is -0.480 e. The van der Waals surface area contributed by atoms with Gasteiger partial charge in [0.2, 0.25) is 5.91 Å². The summed E-state index contributed by atoms with van der Waals surface area (Å²) in [5.74, 6) is -0.0520. The zero-order valence-corrected chi connectivity index (χ0v) is 21.4. The van der Waals surface area contributed by atoms with Gasteiger partial charge in [-0.05, 0) is 74.2 Å². The maximum Gasteiger partial charge on any atom is 0.326 e. The Morgan fingerprint density at radius 2 is 1.83 bits per heavy atom. The average Bonchev–Trinajstić information content (AvgIpc) is 3.38. The van der Waals surface area contributed by atoms with Crippen molar-refractivity contribution in [1.29, 1.82) is 0 Å². The molecule has 5 aliphatic rings. The molecule has 198 valence electrons. The topological polar surface area (TPSA) is 121 Å². The summed E-state index contributed by atoms with van der Waals surface area (Å²) >= 11 is 0. The van der Waals surface area contributed by atoms with Gasteiger partial charge in [-0.25, -0.2) is 4.79 Å². The number of carboxylic acids is 1. The van der Waals surface area contributed by atoms with Crippen LogP contribution in [0.1, 0.15) is 84.5 Å². The Morgan fingerprint density at radius 3 is 2.58 bits per heavy atom. The standard InChI is InChI=1S/C28H39NO7/c1-27-11-9-17(30)13-16(27)3-4-19-20-5-6-23(28(20,2)12-10-21(19)27)36-25(33)8-7-24(32)29-15-18(31)14-22(29)26(34)35/h13,18-23,31H,3-12,14-15H2,1-2H3,(H,34,35)/t18-,19-,20-,21-,22+,23+,27-,28-/m0/s1. The summed E-state index contributed by atoms with van der Waals surface area (Å²) in [6.45, 7) is 4.62. The highest BCUT2D eigenvalue weighted by Gasteiger charge is 2.60. The summed E-state index contributed by atoms with van der Waals surface area (Å²) in [5, 5.41) is 19.1. The number of nitrogens with zero attached hydrogens (tertiary/aromatic N) is 1. The molecule has 0 aromatic carbocycles. The lowest BCUT2D eigenvalue weighted by Crippen LogP contribution is -2.51. The molecule has 1 saturated heterocycles. The van der Waals surface area contributed by atoms with Crippen LogP contribution >= 0.6 is 0 Å². The van der Waals surface area contributed by atoms with E-state index in [1.54, 1.807) is 0 Å². The molecule has 8 nitrogen and oxygen atoms in total. The highest BCUT2D eigenvalue weighted by atomic mass is 16.5. The first-order chi connectivity index (χ1) is 17.0. The van der Waals surface area contributed by atoms with E-state index >= 15 is 0 Å². The number of aliphatic hydroxyl groups excluding tert-OH is 1. The molecule has 0 aromatic heterocycles. The van der Waals surface area contributed by atoms with Crippen LogP contribution in [0.2, 0.25) is 0 Å². The zero-order valence-electron chi connectivity index (χ0n) is 21.4. The SMILES string of the molecule is C[C@]12CC[C@H]3[C@@H](CCC4=CC(=O)CC[C@@]43C)[C@@H]1CC[C@H]2OC(=O)CCC(=O)N1C[C@@H](O)C[C@@H]1C(=O)O. The molecule has 0 bridgehead atoms. The summed E-state index contributed by atoms with van der Waals surface area (Å²) in [6.07, 6.45) is 8.37. The van der Waals surface area contributed by atoms with Gasteiger partial charge in [-0.15, -0.1) is 0 Å². The summed E-state index contributed by atoms with van der Waals surface area (Å²) in [6, 6.07) is -1.04. The molecule has 5 rings (SSSR count). The first kappa shape index (κ1) is 25.4. The number of ether oxygens (including phenoxy) is 1. The number of esters is 1. The van der Waals surface area contributed by atoms with Gasteiger partial charge in [0.1, 0.15) is 12.1 Å². The van der Waals surface area contributed by atoms with E-state index in [1.165, 1.54) is 10.5 Å². The van der Waals surface area contributed by atoms with Crippen LogP contribution < -0.4 is 0 Å². The number of aliphatic hydroxyl groups is 1. The Balaban J connectivity index is 1.19. The highest BCUT2D eigenvalue weighted by molar-refractivity contribution is 5.91. The average molecular weight is 502 g/mol. The summed E-state index contributed by atoms with van der Waals surface area (Å²) in [4.78, 5) is 50.0. The first-order valence-corrected chi connectivity index (χ1v) is 13.7. The number of β-amino-alcohol motifs (C(OH)–C–C–N with tert-alkyl or cyclic N) is 1. The Bertz CT molecular complexity index is 990. The number of fused-ring (bicyclic) bond motifs is 5. The predicted octanol–water partition coefficient (Wildman–Crippen LogP) is 3.26. The number of hydrogen-bond donors (Lipinski definition) is 2. The van der Waals surface area contributed by atoms with Crippen LogP contribution in [0.3, 0.4) is 0 Å². The number of carbonyl (C=O) groups excluding carboxylic acids is 3. The van der Waals surface area contributed by atoms with Crippen LogP contribution in [0.15, 0.2) is 11.6 Å². The van der Waals surface area contributed by atoms with Crippen molar-refractivity contribution in [1.82, 2.24) is 4.90 Å². The third-order valence-corrected chi connectivity index (χ3v) is 10.6. The van der Waals surface area contributed by atoms with Gasteiger partial charge in [-0.2, -0.15) is 0 Å². The molecule has 2 N–H and O–H groups in total. The van der Waals surface area contributed by atoms with Crippen LogP contribution in [0, 0.1) is 28.6 Å². The fourth-order valence-corrected chi connectivity index (χ4v) is 8.60. The highest BCUT2D eigenvalue weighted by Crippen LogP contribution is 2.65. The van der Waals surface area contributed by atoms with Crippen molar-refractivity contribution in [2.75, 3.05) is 6.54 Å². The van der Waals surface area contributed by atoms with Gasteiger partial charge in [0.15, 0.2) is 5.78 Å². The lowest BCUT2D eigenvalue weighted by atomic mass is 9.47. The maximum absolute atomic E-state index is 12.8. The number of amides is 1. The van der Waals surface area contributed by atoms with Crippen molar-refractivity contribution in [2.45, 2.75) is 103 Å². The third kappa shape index (κ3) is 4.19. The van der Waals surface area contributed by atoms with Crippen molar-refractivity contribution in [3.63, 3.8) is 0 Å². The zero-order chi connectivity index (χ0) is 25.8. The molecule has 8 atom stereocenters. The molecule has 3 saturated carbocycles. The van der Waals surface area contributed by atoms with Gasteiger partial charge >= 0.3 is 11.9 Å². The molecular weight excluding hydrogens is 462 g/mol. The number of ketones is 1. The largest absolute Gasteiger partial charge is 0.480 e. The smallest absolute Gasteiger partial charge is 0.326 e. The predicted molar refractivity (Wildman–Crippen MR) is 130 cm³/mol. The molecular formula is C28H39NO7. The second kappa shape index (κ2) is 9.26. The van der Waals surface area contributed by atoms with Crippen molar-refractivity contribution in [3.05, 3.63) is 11.6 Å². The number of hydrogen-bond acceptors (Lipinski definition) is 6. The van der Waals surface area contributed by atoms with Crippen molar-refractivity contribution in [2.24, 2.45) is 28.6 Å². The van der Waals surface area contributed by atoms with Gasteiger partial charge in [-0.1, -0.05) is 19.4 Å². The molecule has 0 spiro atoms. The van der Waals surface area contributed by atoms with E-state index < -0.39 is 30.0 Å². The number of carbonyl (C=O) groups is 4. The second-order valence-electron chi connectivity index (χ2n) is 12.4. The fourth-order valence-electron chi connectivity index (χ4n) is 8.60. The Morgan fingerprint density at radius 1 is 1.06 bits per heavy atom. The van der Waals surface area contributed by atoms with E-state index in [0.29, 0.717) is 24.2 Å². The molecule has 1 amide bonds. The number of allylic oxidation sites excluding steroid dienone is 1. The molecule has 36 heavy (non-hydrogen) atoms. The van der Waals surface area contributed by atoms with Gasteiger partial charge in [0, 0.05) is 31.2 Å². The van der Waals surface area contributed by atoms with E-state index in [0.717, 1.165) is 44.9 Å². The number of likely N-dealkylation sites (tertiary alicyclic amines) is 1. The van der Waals surface area contributed by atoms with E-state index in [2.05, 4.69) is 13.8 Å². The fraction of sp³-hybridized carbons (Fsp3) is 0.786. The maximum atomic E-state index is 12.8. The monoisotopic (exact) mass is 501 g/mol. The van der Waals surface area contributed by atoms with Crippen LogP contribution in [0.25, 0.3) is 0 Å². The van der Waals surface area contributed by atoms with Gasteiger partial charge in [-0.3, -0.25) is 14.4 Å². The minimum atomic E-state index is -1.14. The molecule has 8 heteroatoms. The van der Waals surface area contributed by atoms with Gasteiger partial charge in [0.05, 0.1) is 12.5 Å². The normalized spacial score (nSPS) is 41.7. The Kier molecular flexibility index (Phi) is 6.54. The number of rotatable bonds is 5. The third-order valence-electron chi connectivity index (χ3n) is 10.6. The summed E-state index contributed by atoms with van der Waals surface area (Å²) in [5.41, 5.74) is 1.39. The van der Waals surface area contributed by atoms with Crippen LogP contribution in [0.5, 0.6) is 0 Å². The molecule has 1 heterocycles. The molecule has 0 radical (unpaired) electrons. The summed E-state index contributed by atoms with van der Waals surface area (Å²) in [7, 11) is 0. The van der Waals surface area contributed by atoms with Crippen LogP contribution in [0.4, 0.5) is 0 Å². The van der Waals surface area contributed by atoms with Gasteiger partial charge in [0.25, 0.3) is 0 Å². The van der Waals surface area contributed by atoms with E-state index in [1.807, 2.05) is 6.08 Å². The lowest BCUT2D eigenvalue weighted by molar-refractivity contribution is -0.161. The van der Waals surface area contributed by atoms with Crippen molar-refractivity contribution >= 4 is 23.6 Å². The van der Waals surface area contributed by atoms with E-state index in [9.17, 15) is 29.4 Å². The molecule has 1 aliphatic heterocycles. The second-order valence-corrected chi connectivity index (χ2v) is 12.4. The van der Waals surface area contributed by atoms with E-state index in [4.69, 9.17) is 4.74 Å². The first-order valence-electron chi connectivity index (χ1n) is 13.7.